The van der Waals surface area contributed by atoms with Gasteiger partial charge in [-0.3, -0.25) is 4.79 Å². The summed E-state index contributed by atoms with van der Waals surface area (Å²) in [5.74, 6) is -0.596. The molecule has 1 aromatic heterocycles. The van der Waals surface area contributed by atoms with Crippen LogP contribution in [-0.2, 0) is 0 Å². The molecular formula is C19H21ClFN3O2. The van der Waals surface area contributed by atoms with E-state index in [0.717, 1.165) is 31.6 Å². The number of hydrogen-bond donors (Lipinski definition) is 1. The smallest absolute Gasteiger partial charge is 0.276 e. The minimum absolute atomic E-state index is 0.0477. The van der Waals surface area contributed by atoms with E-state index < -0.39 is 11.7 Å². The van der Waals surface area contributed by atoms with Gasteiger partial charge < -0.3 is 15.0 Å². The molecule has 0 unspecified atom stereocenters. The Hall–Kier alpha value is -2.34. The Balaban J connectivity index is 1.87. The fourth-order valence-corrected chi connectivity index (χ4v) is 3.20. The van der Waals surface area contributed by atoms with Gasteiger partial charge in [-0.2, -0.15) is 0 Å². The summed E-state index contributed by atoms with van der Waals surface area (Å²) in [5.41, 5.74) is 1.26. The third kappa shape index (κ3) is 4.25. The molecule has 138 valence electrons. The van der Waals surface area contributed by atoms with E-state index in [1.165, 1.54) is 18.6 Å². The van der Waals surface area contributed by atoms with E-state index in [-0.39, 0.29) is 10.7 Å². The molecule has 0 bridgehead atoms. The molecule has 1 aliphatic heterocycles. The van der Waals surface area contributed by atoms with Crippen molar-refractivity contribution in [2.24, 2.45) is 0 Å². The summed E-state index contributed by atoms with van der Waals surface area (Å²) < 4.78 is 19.1. The molecule has 0 atom stereocenters. The van der Waals surface area contributed by atoms with Gasteiger partial charge in [0.1, 0.15) is 5.82 Å². The number of rotatable bonds is 5. The second-order valence-electron chi connectivity index (χ2n) is 6.08. The first kappa shape index (κ1) is 18.5. The van der Waals surface area contributed by atoms with Gasteiger partial charge in [0.2, 0.25) is 5.88 Å². The molecule has 1 saturated heterocycles. The Bertz CT molecular complexity index is 794. The van der Waals surface area contributed by atoms with Crippen molar-refractivity contribution in [1.29, 1.82) is 0 Å². The van der Waals surface area contributed by atoms with Crippen LogP contribution >= 0.6 is 11.6 Å². The molecule has 0 radical (unpaired) electrons. The first-order chi connectivity index (χ1) is 12.6. The van der Waals surface area contributed by atoms with Crippen LogP contribution < -0.4 is 15.0 Å². The largest absolute Gasteiger partial charge is 0.478 e. The number of nitrogens with zero attached hydrogens (tertiary/aromatic N) is 2. The fraction of sp³-hybridized carbons (Fsp3) is 0.368. The monoisotopic (exact) mass is 377 g/mol. The molecule has 0 aliphatic carbocycles. The van der Waals surface area contributed by atoms with E-state index >= 15 is 0 Å². The molecule has 2 aromatic rings. The van der Waals surface area contributed by atoms with Crippen molar-refractivity contribution in [3.63, 3.8) is 0 Å². The highest BCUT2D eigenvalue weighted by atomic mass is 35.5. The molecule has 1 aliphatic rings. The fourth-order valence-electron chi connectivity index (χ4n) is 3.01. The first-order valence-electron chi connectivity index (χ1n) is 8.73. The minimum Gasteiger partial charge on any atom is -0.478 e. The second-order valence-corrected chi connectivity index (χ2v) is 6.48. The molecule has 3 rings (SSSR count). The number of aromatic nitrogens is 1. The van der Waals surface area contributed by atoms with E-state index in [1.807, 2.05) is 6.92 Å². The molecule has 1 N–H and O–H groups in total. The number of pyridine rings is 1. The summed E-state index contributed by atoms with van der Waals surface area (Å²) in [5, 5.41) is 2.96. The predicted molar refractivity (Wildman–Crippen MR) is 101 cm³/mol. The van der Waals surface area contributed by atoms with Crippen LogP contribution in [0.4, 0.5) is 15.8 Å². The van der Waals surface area contributed by atoms with Crippen LogP contribution in [0.3, 0.4) is 0 Å². The van der Waals surface area contributed by atoms with Gasteiger partial charge in [-0.15, -0.1) is 0 Å². The number of benzene rings is 1. The predicted octanol–water partition coefficient (Wildman–Crippen LogP) is 4.52. The van der Waals surface area contributed by atoms with Crippen LogP contribution in [0.5, 0.6) is 5.88 Å². The zero-order chi connectivity index (χ0) is 18.5. The number of piperidine rings is 1. The lowest BCUT2D eigenvalue weighted by molar-refractivity contribution is 0.102. The third-order valence-electron chi connectivity index (χ3n) is 4.23. The molecular weight excluding hydrogens is 357 g/mol. The summed E-state index contributed by atoms with van der Waals surface area (Å²) >= 11 is 6.11. The van der Waals surface area contributed by atoms with Crippen molar-refractivity contribution in [3.8, 4) is 5.88 Å². The number of halogens is 2. The Kier molecular flexibility index (Phi) is 5.93. The average molecular weight is 378 g/mol. The van der Waals surface area contributed by atoms with Crippen molar-refractivity contribution in [2.45, 2.75) is 26.2 Å². The first-order valence-corrected chi connectivity index (χ1v) is 9.11. The maximum Gasteiger partial charge on any atom is 0.276 e. The van der Waals surface area contributed by atoms with Crippen LogP contribution in [-0.4, -0.2) is 30.6 Å². The van der Waals surface area contributed by atoms with E-state index in [2.05, 4.69) is 15.2 Å². The maximum absolute atomic E-state index is 13.8. The summed E-state index contributed by atoms with van der Waals surface area (Å²) in [6, 6.07) is 7.58. The second kappa shape index (κ2) is 8.36. The number of anilines is 2. The van der Waals surface area contributed by atoms with Crippen LogP contribution in [0.2, 0.25) is 5.02 Å². The highest BCUT2D eigenvalue weighted by molar-refractivity contribution is 6.34. The highest BCUT2D eigenvalue weighted by Gasteiger charge is 2.19. The van der Waals surface area contributed by atoms with Crippen LogP contribution in [0.1, 0.15) is 36.7 Å². The maximum atomic E-state index is 13.8. The topological polar surface area (TPSA) is 54.5 Å². The Morgan fingerprint density at radius 2 is 2.04 bits per heavy atom. The summed E-state index contributed by atoms with van der Waals surface area (Å²) in [6.45, 7) is 4.02. The zero-order valence-corrected chi connectivity index (χ0v) is 15.4. The lowest BCUT2D eigenvalue weighted by atomic mass is 10.1. The van der Waals surface area contributed by atoms with Crippen LogP contribution in [0, 0.1) is 5.82 Å². The van der Waals surface area contributed by atoms with Gasteiger partial charge in [-0.1, -0.05) is 11.6 Å². The third-order valence-corrected chi connectivity index (χ3v) is 4.54. The Morgan fingerprint density at radius 3 is 2.77 bits per heavy atom. The average Bonchev–Trinajstić information content (AvgIpc) is 2.64. The SMILES string of the molecule is CCOc1ccc(Cl)c(C(=O)Nc2cc(F)ccc2N2CCCCC2)n1. The number of carbonyl (C=O) groups is 1. The normalized spacial score (nSPS) is 14.2. The number of nitrogens with one attached hydrogen (secondary N) is 1. The Labute approximate surface area is 157 Å². The van der Waals surface area contributed by atoms with Crippen molar-refractivity contribution in [3.05, 3.63) is 46.9 Å². The van der Waals surface area contributed by atoms with E-state index in [0.29, 0.717) is 18.2 Å². The van der Waals surface area contributed by atoms with Gasteiger partial charge >= 0.3 is 0 Å². The summed E-state index contributed by atoms with van der Waals surface area (Å²) in [7, 11) is 0. The standard InChI is InChI=1S/C19H21ClFN3O2/c1-2-26-17-9-7-14(20)18(23-17)19(25)22-15-12-13(21)6-8-16(15)24-10-4-3-5-11-24/h6-9,12H,2-5,10-11H2,1H3,(H,22,25). The zero-order valence-electron chi connectivity index (χ0n) is 14.6. The Morgan fingerprint density at radius 1 is 1.27 bits per heavy atom. The van der Waals surface area contributed by atoms with Gasteiger partial charge in [-0.05, 0) is 50.5 Å². The van der Waals surface area contributed by atoms with E-state index in [9.17, 15) is 9.18 Å². The van der Waals surface area contributed by atoms with E-state index in [1.54, 1.807) is 18.2 Å². The van der Waals surface area contributed by atoms with Crippen LogP contribution in [0.25, 0.3) is 0 Å². The number of amides is 1. The summed E-state index contributed by atoms with van der Waals surface area (Å²) in [6.07, 6.45) is 3.34. The van der Waals surface area contributed by atoms with Crippen LogP contribution in [0.15, 0.2) is 30.3 Å². The van der Waals surface area contributed by atoms with E-state index in [4.69, 9.17) is 16.3 Å². The molecule has 0 saturated carbocycles. The van der Waals surface area contributed by atoms with Gasteiger partial charge in [0.05, 0.1) is 23.0 Å². The molecule has 1 aromatic carbocycles. The van der Waals surface area contributed by atoms with Crippen molar-refractivity contribution >= 4 is 28.9 Å². The van der Waals surface area contributed by atoms with Gasteiger partial charge in [0.25, 0.3) is 5.91 Å². The highest BCUT2D eigenvalue weighted by Crippen LogP contribution is 2.30. The van der Waals surface area contributed by atoms with Crippen molar-refractivity contribution in [1.82, 2.24) is 4.98 Å². The number of hydrogen-bond acceptors (Lipinski definition) is 4. The number of ether oxygens (including phenoxy) is 1. The molecule has 0 spiro atoms. The molecule has 1 fully saturated rings. The summed E-state index contributed by atoms with van der Waals surface area (Å²) in [4.78, 5) is 19.0. The molecule has 7 heteroatoms. The lowest BCUT2D eigenvalue weighted by Gasteiger charge is -2.30. The molecule has 2 heterocycles. The van der Waals surface area contributed by atoms with Gasteiger partial charge in [-0.25, -0.2) is 9.37 Å². The number of carbonyl (C=O) groups excluding carboxylic acids is 1. The van der Waals surface area contributed by atoms with Crippen molar-refractivity contribution < 1.29 is 13.9 Å². The lowest BCUT2D eigenvalue weighted by Crippen LogP contribution is -2.30. The molecule has 26 heavy (non-hydrogen) atoms. The van der Waals surface area contributed by atoms with Gasteiger partial charge in [0, 0.05) is 19.2 Å². The van der Waals surface area contributed by atoms with Gasteiger partial charge in [0.15, 0.2) is 5.69 Å². The minimum atomic E-state index is -0.500. The quantitative estimate of drug-likeness (QED) is 0.832. The molecule has 5 nitrogen and oxygen atoms in total. The molecule has 1 amide bonds. The van der Waals surface area contributed by atoms with Crippen molar-refractivity contribution in [2.75, 3.05) is 29.9 Å².